The number of hydrogen-bond acceptors (Lipinski definition) is 6. The number of benzene rings is 2. The van der Waals surface area contributed by atoms with E-state index in [4.69, 9.17) is 10.6 Å². The van der Waals surface area contributed by atoms with Gasteiger partial charge in [0.15, 0.2) is 5.82 Å². The molecule has 0 aliphatic carbocycles. The molecule has 0 radical (unpaired) electrons. The maximum Gasteiger partial charge on any atom is 0.237 e. The molecule has 3 rings (SSSR count). The Morgan fingerprint density at radius 2 is 1.87 bits per heavy atom. The van der Waals surface area contributed by atoms with Crippen LogP contribution in [-0.2, 0) is 4.79 Å². The molecule has 0 fully saturated rings. The van der Waals surface area contributed by atoms with Crippen LogP contribution in [0.15, 0.2) is 53.7 Å². The molecular formula is C22H27N5O2S. The Hall–Kier alpha value is -3.00. The SMILES string of the molecule is CCC(C)c1ccccc1NC(=O)C(C)Sc1nnc(-c2ccc(OC)cc2)n1N. The average molecular weight is 426 g/mol. The summed E-state index contributed by atoms with van der Waals surface area (Å²) in [4.78, 5) is 12.8. The molecule has 2 unspecified atom stereocenters. The number of ether oxygens (including phenoxy) is 1. The highest BCUT2D eigenvalue weighted by Crippen LogP contribution is 2.29. The van der Waals surface area contributed by atoms with E-state index in [2.05, 4.69) is 35.4 Å². The van der Waals surface area contributed by atoms with Gasteiger partial charge in [0.05, 0.1) is 12.4 Å². The van der Waals surface area contributed by atoms with Crippen molar-refractivity contribution < 1.29 is 9.53 Å². The fraction of sp³-hybridized carbons (Fsp3) is 0.318. The summed E-state index contributed by atoms with van der Waals surface area (Å²) in [5.41, 5.74) is 2.80. The lowest BCUT2D eigenvalue weighted by atomic mass is 9.97. The number of nitrogen functional groups attached to an aromatic ring is 1. The molecule has 2 atom stereocenters. The van der Waals surface area contributed by atoms with Gasteiger partial charge in [0, 0.05) is 11.3 Å². The number of nitrogens with zero attached hydrogens (tertiary/aromatic N) is 3. The third-order valence-electron chi connectivity index (χ3n) is 5.03. The summed E-state index contributed by atoms with van der Waals surface area (Å²) < 4.78 is 6.58. The Morgan fingerprint density at radius 3 is 2.53 bits per heavy atom. The predicted octanol–water partition coefficient (Wildman–Crippen LogP) is 4.30. The van der Waals surface area contributed by atoms with Gasteiger partial charge in [-0.3, -0.25) is 4.79 Å². The molecule has 3 N–H and O–H groups in total. The van der Waals surface area contributed by atoms with E-state index in [1.165, 1.54) is 16.4 Å². The van der Waals surface area contributed by atoms with Crippen molar-refractivity contribution in [3.63, 3.8) is 0 Å². The third-order valence-corrected chi connectivity index (χ3v) is 6.08. The number of anilines is 1. The Kier molecular flexibility index (Phi) is 6.99. The van der Waals surface area contributed by atoms with Crippen LogP contribution in [0.2, 0.25) is 0 Å². The minimum absolute atomic E-state index is 0.107. The summed E-state index contributed by atoms with van der Waals surface area (Å²) in [5.74, 6) is 7.73. The number of rotatable bonds is 8. The van der Waals surface area contributed by atoms with E-state index in [1.807, 2.05) is 49.4 Å². The van der Waals surface area contributed by atoms with Gasteiger partial charge in [0.25, 0.3) is 0 Å². The Bertz CT molecular complexity index is 1000. The Morgan fingerprint density at radius 1 is 1.17 bits per heavy atom. The number of methoxy groups -OCH3 is 1. The molecule has 3 aromatic rings. The van der Waals surface area contributed by atoms with Crippen LogP contribution in [-0.4, -0.2) is 33.1 Å². The number of thioether (sulfide) groups is 1. The minimum Gasteiger partial charge on any atom is -0.497 e. The molecule has 1 amide bonds. The summed E-state index contributed by atoms with van der Waals surface area (Å²) >= 11 is 1.27. The van der Waals surface area contributed by atoms with Gasteiger partial charge in [-0.05, 0) is 55.2 Å². The van der Waals surface area contributed by atoms with Crippen molar-refractivity contribution >= 4 is 23.4 Å². The van der Waals surface area contributed by atoms with Crippen LogP contribution in [0.25, 0.3) is 11.4 Å². The summed E-state index contributed by atoms with van der Waals surface area (Å²) in [6, 6.07) is 15.3. The number of carbonyl (C=O) groups excluding carboxylic acids is 1. The van der Waals surface area contributed by atoms with Crippen molar-refractivity contribution in [1.82, 2.24) is 14.9 Å². The van der Waals surface area contributed by atoms with Crippen molar-refractivity contribution in [2.24, 2.45) is 0 Å². The first-order chi connectivity index (χ1) is 14.4. The quantitative estimate of drug-likeness (QED) is 0.413. The van der Waals surface area contributed by atoms with Gasteiger partial charge in [-0.1, -0.05) is 43.8 Å². The summed E-state index contributed by atoms with van der Waals surface area (Å²) in [6.45, 7) is 6.12. The van der Waals surface area contributed by atoms with E-state index >= 15 is 0 Å². The molecular weight excluding hydrogens is 398 g/mol. The van der Waals surface area contributed by atoms with Gasteiger partial charge in [0.1, 0.15) is 5.75 Å². The summed E-state index contributed by atoms with van der Waals surface area (Å²) in [6.07, 6.45) is 1.00. The second-order valence-electron chi connectivity index (χ2n) is 7.05. The maximum atomic E-state index is 12.8. The van der Waals surface area contributed by atoms with Gasteiger partial charge in [-0.15, -0.1) is 10.2 Å². The molecule has 158 valence electrons. The molecule has 0 aliphatic heterocycles. The first-order valence-electron chi connectivity index (χ1n) is 9.86. The first kappa shape index (κ1) is 21.7. The van der Waals surface area contributed by atoms with Gasteiger partial charge in [-0.2, -0.15) is 0 Å². The van der Waals surface area contributed by atoms with Crippen molar-refractivity contribution in [2.75, 3.05) is 18.3 Å². The summed E-state index contributed by atoms with van der Waals surface area (Å²) in [7, 11) is 1.61. The van der Waals surface area contributed by atoms with Crippen LogP contribution in [0.1, 0.15) is 38.7 Å². The van der Waals surface area contributed by atoms with Crippen LogP contribution in [0.3, 0.4) is 0 Å². The fourth-order valence-corrected chi connectivity index (χ4v) is 3.77. The zero-order valence-electron chi connectivity index (χ0n) is 17.6. The normalized spacial score (nSPS) is 12.9. The van der Waals surface area contributed by atoms with Crippen molar-refractivity contribution in [2.45, 2.75) is 43.5 Å². The van der Waals surface area contributed by atoms with Crippen LogP contribution in [0, 0.1) is 0 Å². The topological polar surface area (TPSA) is 95.1 Å². The number of nitrogens with two attached hydrogens (primary N) is 1. The van der Waals surface area contributed by atoms with E-state index in [-0.39, 0.29) is 5.91 Å². The number of aromatic nitrogens is 3. The largest absolute Gasteiger partial charge is 0.497 e. The minimum atomic E-state index is -0.398. The molecule has 2 aromatic carbocycles. The molecule has 0 saturated carbocycles. The third kappa shape index (κ3) is 4.76. The highest BCUT2D eigenvalue weighted by atomic mass is 32.2. The van der Waals surface area contributed by atoms with E-state index < -0.39 is 5.25 Å². The lowest BCUT2D eigenvalue weighted by Gasteiger charge is -2.17. The van der Waals surface area contributed by atoms with Crippen molar-refractivity contribution in [3.8, 4) is 17.1 Å². The summed E-state index contributed by atoms with van der Waals surface area (Å²) in [5, 5.41) is 11.5. The maximum absolute atomic E-state index is 12.8. The van der Waals surface area contributed by atoms with Crippen LogP contribution in [0.4, 0.5) is 5.69 Å². The lowest BCUT2D eigenvalue weighted by molar-refractivity contribution is -0.115. The average Bonchev–Trinajstić information content (AvgIpc) is 3.13. The number of para-hydroxylation sites is 1. The highest BCUT2D eigenvalue weighted by molar-refractivity contribution is 8.00. The van der Waals surface area contributed by atoms with E-state index in [1.54, 1.807) is 7.11 Å². The molecule has 0 saturated heterocycles. The second-order valence-corrected chi connectivity index (χ2v) is 8.36. The standard InChI is InChI=1S/C22H27N5O2S/c1-5-14(2)18-8-6-7-9-19(18)24-21(28)15(3)30-22-26-25-20(27(22)23)16-10-12-17(29-4)13-11-16/h6-15H,5,23H2,1-4H3,(H,24,28). The van der Waals surface area contributed by atoms with Gasteiger partial charge < -0.3 is 15.9 Å². The zero-order valence-corrected chi connectivity index (χ0v) is 18.4. The molecule has 0 bridgehead atoms. The van der Waals surface area contributed by atoms with Crippen molar-refractivity contribution in [3.05, 3.63) is 54.1 Å². The smallest absolute Gasteiger partial charge is 0.237 e. The number of amides is 1. The molecule has 1 aromatic heterocycles. The van der Waals surface area contributed by atoms with Crippen LogP contribution >= 0.6 is 11.8 Å². The molecule has 8 heteroatoms. The second kappa shape index (κ2) is 9.67. The molecule has 1 heterocycles. The highest BCUT2D eigenvalue weighted by Gasteiger charge is 2.21. The fourth-order valence-electron chi connectivity index (χ4n) is 3.00. The van der Waals surface area contributed by atoms with Gasteiger partial charge in [0.2, 0.25) is 11.1 Å². The van der Waals surface area contributed by atoms with Gasteiger partial charge in [-0.25, -0.2) is 4.68 Å². The number of nitrogens with one attached hydrogen (secondary N) is 1. The van der Waals surface area contributed by atoms with Crippen LogP contribution in [0.5, 0.6) is 5.75 Å². The van der Waals surface area contributed by atoms with E-state index in [0.717, 1.165) is 29.0 Å². The molecule has 0 spiro atoms. The van der Waals surface area contributed by atoms with Crippen molar-refractivity contribution in [1.29, 1.82) is 0 Å². The van der Waals surface area contributed by atoms with Gasteiger partial charge >= 0.3 is 0 Å². The predicted molar refractivity (Wildman–Crippen MR) is 121 cm³/mol. The molecule has 7 nitrogen and oxygen atoms in total. The van der Waals surface area contributed by atoms with E-state index in [9.17, 15) is 4.79 Å². The van der Waals surface area contributed by atoms with E-state index in [0.29, 0.717) is 16.9 Å². The molecule has 30 heavy (non-hydrogen) atoms. The monoisotopic (exact) mass is 425 g/mol. The number of carbonyl (C=O) groups is 1. The molecule has 0 aliphatic rings. The van der Waals surface area contributed by atoms with Crippen LogP contribution < -0.4 is 15.9 Å². The number of hydrogen-bond donors (Lipinski definition) is 2. The lowest BCUT2D eigenvalue weighted by Crippen LogP contribution is -2.24. The Balaban J connectivity index is 1.71. The zero-order chi connectivity index (χ0) is 21.7. The first-order valence-corrected chi connectivity index (χ1v) is 10.7. The Labute approximate surface area is 181 Å².